The molecule has 0 aliphatic heterocycles. The van der Waals surface area contributed by atoms with Crippen LogP contribution in [0.25, 0.3) is 32.7 Å². The summed E-state index contributed by atoms with van der Waals surface area (Å²) in [5.74, 6) is 0. The molecule has 4 aromatic rings. The Morgan fingerprint density at radius 3 is 2.67 bits per heavy atom. The van der Waals surface area contributed by atoms with E-state index in [1.165, 1.54) is 0 Å². The van der Waals surface area contributed by atoms with E-state index in [1.807, 2.05) is 0 Å². The lowest BCUT2D eigenvalue weighted by Crippen LogP contribution is -1.74. The van der Waals surface area contributed by atoms with Crippen molar-refractivity contribution in [2.45, 2.75) is 0 Å². The van der Waals surface area contributed by atoms with E-state index >= 15 is 0 Å². The molecule has 0 unspecified atom stereocenters. The molecule has 1 aromatic heterocycles. The highest BCUT2D eigenvalue weighted by atomic mass is 35.5. The normalized spacial score (nSPS) is 18.6. The first-order chi connectivity index (χ1) is 12.6. The molecule has 0 atom stereocenters. The Kier molecular flexibility index (Phi) is 0.894. The van der Waals surface area contributed by atoms with Crippen molar-refractivity contribution < 1.29 is 16.8 Å². The van der Waals surface area contributed by atoms with Gasteiger partial charge in [0.15, 0.2) is 0 Å². The minimum absolute atomic E-state index is 0.0217. The van der Waals surface area contributed by atoms with Gasteiger partial charge in [-0.3, -0.25) is 0 Å². The molecule has 0 aliphatic carbocycles. The topological polar surface area (TPSA) is 13.1 Å². The Hall–Kier alpha value is -1.99. The van der Waals surface area contributed by atoms with Crippen molar-refractivity contribution >= 4 is 44.3 Å². The number of hydrogen-bond acceptors (Lipinski definition) is 1. The molecular weight excluding hydrogens is 244 g/mol. The van der Waals surface area contributed by atoms with Crippen LogP contribution in [0, 0.1) is 0 Å². The van der Waals surface area contributed by atoms with Crippen molar-refractivity contribution in [2.24, 2.45) is 0 Å². The van der Waals surface area contributed by atoms with E-state index in [4.69, 9.17) is 28.4 Å². The summed E-state index contributed by atoms with van der Waals surface area (Å²) in [4.78, 5) is 0. The third-order valence-corrected chi connectivity index (χ3v) is 2.86. The van der Waals surface area contributed by atoms with E-state index < -0.39 is 48.3 Å². The highest BCUT2D eigenvalue weighted by Gasteiger charge is 2.09. The van der Waals surface area contributed by atoms with Crippen LogP contribution in [0.1, 0.15) is 12.3 Å². The molecule has 1 heterocycles. The number of furan rings is 1. The van der Waals surface area contributed by atoms with Crippen molar-refractivity contribution in [1.82, 2.24) is 0 Å². The van der Waals surface area contributed by atoms with E-state index in [2.05, 4.69) is 0 Å². The number of halogens is 1. The minimum atomic E-state index is -0.509. The fourth-order valence-electron chi connectivity index (χ4n) is 1.93. The fourth-order valence-corrected chi connectivity index (χ4v) is 2.07. The van der Waals surface area contributed by atoms with Crippen LogP contribution in [0.4, 0.5) is 0 Å². The summed E-state index contributed by atoms with van der Waals surface area (Å²) in [7, 11) is 0. The molecule has 0 amide bonds. The number of para-hydroxylation sites is 1. The Bertz CT molecular complexity index is 1330. The zero-order chi connectivity index (χ0) is 19.9. The molecule has 18 heavy (non-hydrogen) atoms. The maximum absolute atomic E-state index is 8.30. The Morgan fingerprint density at radius 1 is 0.889 bits per heavy atom. The molecule has 3 aromatic carbocycles. The van der Waals surface area contributed by atoms with E-state index in [-0.39, 0.29) is 43.8 Å². The van der Waals surface area contributed by atoms with Gasteiger partial charge in [-0.05, 0) is 34.9 Å². The molecule has 0 spiro atoms. The van der Waals surface area contributed by atoms with Crippen LogP contribution in [0.15, 0.2) is 58.8 Å². The average molecular weight is 262 g/mol. The monoisotopic (exact) mass is 261 g/mol. The minimum Gasteiger partial charge on any atom is -0.456 e. The second-order valence-corrected chi connectivity index (χ2v) is 4.08. The molecule has 0 saturated heterocycles. The molecule has 0 fully saturated rings. The van der Waals surface area contributed by atoms with Crippen LogP contribution in [-0.4, -0.2) is 0 Å². The lowest BCUT2D eigenvalue weighted by molar-refractivity contribution is 0.669. The van der Waals surface area contributed by atoms with Crippen LogP contribution < -0.4 is 0 Å². The molecule has 0 radical (unpaired) electrons. The zero-order valence-corrected chi connectivity index (χ0v) is 9.54. The summed E-state index contributed by atoms with van der Waals surface area (Å²) in [6.07, 6.45) is 0. The van der Waals surface area contributed by atoms with Gasteiger partial charge in [0.2, 0.25) is 0 Å². The summed E-state index contributed by atoms with van der Waals surface area (Å²) in [6.45, 7) is 0. The average Bonchev–Trinajstić information content (AvgIpc) is 3.04. The maximum atomic E-state index is 8.30. The van der Waals surface area contributed by atoms with Gasteiger partial charge in [-0.2, -0.15) is 0 Å². The summed E-state index contributed by atoms with van der Waals surface area (Å²) < 4.78 is 78.2. The van der Waals surface area contributed by atoms with Gasteiger partial charge in [0.1, 0.15) is 11.2 Å². The SMILES string of the molecule is [2H]c1c([2H])c([2H])c2c(oc3c([2H])c([2H])c4c([2H])c([2H])c(Cl)c([2H])c4c32)c1[2H]. The van der Waals surface area contributed by atoms with E-state index in [1.54, 1.807) is 0 Å². The van der Waals surface area contributed by atoms with Gasteiger partial charge in [0.05, 0.1) is 12.3 Å². The highest BCUT2D eigenvalue weighted by Crippen LogP contribution is 2.35. The molecule has 0 N–H and O–H groups in total. The van der Waals surface area contributed by atoms with Crippen molar-refractivity contribution in [1.29, 1.82) is 0 Å². The quantitative estimate of drug-likeness (QED) is 0.413. The van der Waals surface area contributed by atoms with Crippen LogP contribution in [-0.2, 0) is 0 Å². The van der Waals surface area contributed by atoms with Gasteiger partial charge in [-0.15, -0.1) is 0 Å². The van der Waals surface area contributed by atoms with Gasteiger partial charge in [-0.1, -0.05) is 41.8 Å². The van der Waals surface area contributed by atoms with Crippen LogP contribution in [0.2, 0.25) is 5.02 Å². The number of fused-ring (bicyclic) bond motifs is 5. The predicted molar refractivity (Wildman–Crippen MR) is 76.2 cm³/mol. The Morgan fingerprint density at radius 2 is 1.72 bits per heavy atom. The van der Waals surface area contributed by atoms with Gasteiger partial charge >= 0.3 is 0 Å². The van der Waals surface area contributed by atoms with Gasteiger partial charge in [0, 0.05) is 15.8 Å². The first-order valence-corrected chi connectivity index (χ1v) is 5.48. The van der Waals surface area contributed by atoms with Crippen molar-refractivity contribution in [3.8, 4) is 0 Å². The summed E-state index contributed by atoms with van der Waals surface area (Å²) >= 11 is 6.02. The lowest BCUT2D eigenvalue weighted by atomic mass is 10.0. The van der Waals surface area contributed by atoms with Gasteiger partial charge in [-0.25, -0.2) is 0 Å². The van der Waals surface area contributed by atoms with Crippen LogP contribution in [0.5, 0.6) is 0 Å². The largest absolute Gasteiger partial charge is 0.456 e. The molecule has 1 nitrogen and oxygen atoms in total. The maximum Gasteiger partial charge on any atom is 0.136 e. The van der Waals surface area contributed by atoms with Crippen molar-refractivity contribution in [2.75, 3.05) is 0 Å². The highest BCUT2D eigenvalue weighted by molar-refractivity contribution is 6.32. The molecule has 2 heteroatoms. The molecule has 0 saturated carbocycles. The van der Waals surface area contributed by atoms with E-state index in [0.29, 0.717) is 0 Å². The summed E-state index contributed by atoms with van der Waals surface area (Å²) in [6, 6.07) is -3.98. The fraction of sp³-hybridized carbons (Fsp3) is 0. The molecule has 86 valence electrons. The van der Waals surface area contributed by atoms with Gasteiger partial charge in [0.25, 0.3) is 0 Å². The molecule has 0 bridgehead atoms. The predicted octanol–water partition coefficient (Wildman–Crippen LogP) is 5.39. The van der Waals surface area contributed by atoms with Crippen LogP contribution >= 0.6 is 11.6 Å². The van der Waals surface area contributed by atoms with Gasteiger partial charge < -0.3 is 4.42 Å². The smallest absolute Gasteiger partial charge is 0.136 e. The number of rotatable bonds is 0. The van der Waals surface area contributed by atoms with Crippen molar-refractivity contribution in [3.05, 3.63) is 59.4 Å². The van der Waals surface area contributed by atoms with Crippen LogP contribution in [0.3, 0.4) is 0 Å². The second kappa shape index (κ2) is 3.50. The summed E-state index contributed by atoms with van der Waals surface area (Å²) in [5.41, 5.74) is -0.385. The standard InChI is InChI=1S/C16H9ClO/c17-11-7-5-10-6-8-15-16(13(10)9-11)12-3-1-2-4-14(12)18-15/h1-9H/i1D,2D,3D,4D,5D,6D,7D,8D,9D. The Balaban J connectivity index is 2.51. The first kappa shape index (κ1) is 4.60. The van der Waals surface area contributed by atoms with Crippen molar-refractivity contribution in [3.63, 3.8) is 0 Å². The number of benzene rings is 3. The van der Waals surface area contributed by atoms with E-state index in [9.17, 15) is 0 Å². The second-order valence-electron chi connectivity index (χ2n) is 3.70. The van der Waals surface area contributed by atoms with E-state index in [0.717, 1.165) is 0 Å². The first-order valence-electron chi connectivity index (χ1n) is 9.60. The molecular formula is C16H9ClO. The third kappa shape index (κ3) is 1.28. The zero-order valence-electron chi connectivity index (χ0n) is 17.8. The summed E-state index contributed by atoms with van der Waals surface area (Å²) in [5, 5.41) is -0.534. The molecule has 4 rings (SSSR count). The number of hydrogen-bond donors (Lipinski definition) is 0. The molecule has 0 aliphatic rings. The third-order valence-electron chi connectivity index (χ3n) is 2.67. The lowest BCUT2D eigenvalue weighted by Gasteiger charge is -2.00. The Labute approximate surface area is 121 Å².